The van der Waals surface area contributed by atoms with E-state index in [-0.39, 0.29) is 6.03 Å². The van der Waals surface area contributed by atoms with E-state index in [9.17, 15) is 4.79 Å². The zero-order valence-electron chi connectivity index (χ0n) is 20.8. The van der Waals surface area contributed by atoms with E-state index < -0.39 is 0 Å². The molecule has 0 spiro atoms. The molecule has 6 nitrogen and oxygen atoms in total. The molecule has 2 aliphatic rings. The first-order valence-electron chi connectivity index (χ1n) is 12.7. The lowest BCUT2D eigenvalue weighted by Gasteiger charge is -2.31. The van der Waals surface area contributed by atoms with Crippen molar-refractivity contribution in [1.29, 1.82) is 0 Å². The van der Waals surface area contributed by atoms with Crippen molar-refractivity contribution in [3.8, 4) is 34.0 Å². The molecule has 0 radical (unpaired) electrons. The highest BCUT2D eigenvalue weighted by Crippen LogP contribution is 2.48. The number of hydrogen-bond donors (Lipinski definition) is 1. The lowest BCUT2D eigenvalue weighted by molar-refractivity contribution is 0.171. The molecule has 0 saturated carbocycles. The molecule has 2 amide bonds. The van der Waals surface area contributed by atoms with Crippen LogP contribution in [0.3, 0.4) is 0 Å². The molecule has 0 aliphatic carbocycles. The number of rotatable bonds is 3. The van der Waals surface area contributed by atoms with Gasteiger partial charge in [0.15, 0.2) is 11.5 Å². The van der Waals surface area contributed by atoms with E-state index >= 15 is 0 Å². The molecular weight excluding hydrogens is 506 g/mol. The standard InChI is InChI=1S/C32H23N3O3S/c36-32(35-26-11-1-3-13-30(26)39-31-14-4-2-12-27(31)35)33-23-8-5-7-21(19-23)24-9-6-10-25(34-24)22-15-16-28-29(20-22)38-18-17-37-28/h1-16,19-20H,17-18H2,(H,33,36). The Labute approximate surface area is 230 Å². The number of urea groups is 1. The van der Waals surface area contributed by atoms with Crippen molar-refractivity contribution in [1.82, 2.24) is 4.98 Å². The third-order valence-corrected chi connectivity index (χ3v) is 7.76. The summed E-state index contributed by atoms with van der Waals surface area (Å²) >= 11 is 1.67. The zero-order valence-corrected chi connectivity index (χ0v) is 21.7. The van der Waals surface area contributed by atoms with Crippen LogP contribution in [-0.4, -0.2) is 24.2 Å². The second kappa shape index (κ2) is 9.85. The molecule has 39 heavy (non-hydrogen) atoms. The summed E-state index contributed by atoms with van der Waals surface area (Å²) in [7, 11) is 0. The van der Waals surface area contributed by atoms with Crippen LogP contribution in [-0.2, 0) is 0 Å². The maximum Gasteiger partial charge on any atom is 0.331 e. The molecule has 7 heteroatoms. The van der Waals surface area contributed by atoms with Gasteiger partial charge in [-0.3, -0.25) is 4.90 Å². The normalized spacial score (nSPS) is 13.3. The smallest absolute Gasteiger partial charge is 0.331 e. The first kappa shape index (κ1) is 23.4. The predicted molar refractivity (Wildman–Crippen MR) is 154 cm³/mol. The molecule has 0 unspecified atom stereocenters. The Morgan fingerprint density at radius 1 is 0.692 bits per heavy atom. The Hall–Kier alpha value is -4.75. The lowest BCUT2D eigenvalue weighted by atomic mass is 10.1. The number of carbonyl (C=O) groups excluding carboxylic acids is 1. The molecule has 0 bridgehead atoms. The van der Waals surface area contributed by atoms with Gasteiger partial charge >= 0.3 is 6.03 Å². The largest absolute Gasteiger partial charge is 0.486 e. The molecule has 1 aromatic heterocycles. The Morgan fingerprint density at radius 2 is 1.33 bits per heavy atom. The molecule has 0 saturated heterocycles. The predicted octanol–water partition coefficient (Wildman–Crippen LogP) is 8.02. The number of ether oxygens (including phenoxy) is 2. The van der Waals surface area contributed by atoms with Gasteiger partial charge in [-0.05, 0) is 66.7 Å². The number of carbonyl (C=O) groups is 1. The van der Waals surface area contributed by atoms with Crippen LogP contribution in [0.1, 0.15) is 0 Å². The molecule has 7 rings (SSSR count). The van der Waals surface area contributed by atoms with Crippen molar-refractivity contribution < 1.29 is 14.3 Å². The minimum atomic E-state index is -0.217. The second-order valence-electron chi connectivity index (χ2n) is 9.15. The van der Waals surface area contributed by atoms with Crippen molar-refractivity contribution in [3.63, 3.8) is 0 Å². The number of pyridine rings is 1. The number of para-hydroxylation sites is 2. The van der Waals surface area contributed by atoms with Crippen LogP contribution in [0.25, 0.3) is 22.5 Å². The fraction of sp³-hybridized carbons (Fsp3) is 0.0625. The number of nitrogens with one attached hydrogen (secondary N) is 1. The zero-order chi connectivity index (χ0) is 26.2. The van der Waals surface area contributed by atoms with E-state index in [1.165, 1.54) is 0 Å². The van der Waals surface area contributed by atoms with Crippen LogP contribution in [0.5, 0.6) is 11.5 Å². The SMILES string of the molecule is O=C(Nc1cccc(-c2cccc(-c3ccc4c(c3)OCCO4)n2)c1)N1c2ccccc2Sc2ccccc21. The molecule has 1 N–H and O–H groups in total. The average molecular weight is 530 g/mol. The van der Waals surface area contributed by atoms with Gasteiger partial charge in [0.05, 0.1) is 22.8 Å². The molecule has 0 atom stereocenters. The first-order chi connectivity index (χ1) is 19.2. The monoisotopic (exact) mass is 529 g/mol. The fourth-order valence-electron chi connectivity index (χ4n) is 4.82. The average Bonchev–Trinajstić information content (AvgIpc) is 2.99. The second-order valence-corrected chi connectivity index (χ2v) is 10.2. The van der Waals surface area contributed by atoms with Gasteiger partial charge in [0, 0.05) is 26.6 Å². The van der Waals surface area contributed by atoms with Gasteiger partial charge in [-0.15, -0.1) is 0 Å². The van der Waals surface area contributed by atoms with Crippen LogP contribution in [0.2, 0.25) is 0 Å². The van der Waals surface area contributed by atoms with Crippen molar-refractivity contribution in [2.45, 2.75) is 9.79 Å². The minimum absolute atomic E-state index is 0.217. The summed E-state index contributed by atoms with van der Waals surface area (Å²) in [5, 5.41) is 3.10. The molecule has 3 heterocycles. The number of aromatic nitrogens is 1. The highest BCUT2D eigenvalue weighted by Gasteiger charge is 2.28. The molecule has 5 aromatic rings. The van der Waals surface area contributed by atoms with Gasteiger partial charge in [0.1, 0.15) is 13.2 Å². The lowest BCUT2D eigenvalue weighted by Crippen LogP contribution is -2.32. The number of hydrogen-bond acceptors (Lipinski definition) is 5. The molecule has 0 fully saturated rings. The molecule has 190 valence electrons. The maximum absolute atomic E-state index is 13.7. The van der Waals surface area contributed by atoms with E-state index in [1.54, 1.807) is 16.7 Å². The van der Waals surface area contributed by atoms with Gasteiger partial charge in [-0.2, -0.15) is 0 Å². The maximum atomic E-state index is 13.7. The third-order valence-electron chi connectivity index (χ3n) is 6.63. The number of nitrogens with zero attached hydrogens (tertiary/aromatic N) is 2. The number of benzene rings is 4. The van der Waals surface area contributed by atoms with Crippen molar-refractivity contribution in [2.75, 3.05) is 23.4 Å². The molecule has 4 aromatic carbocycles. The minimum Gasteiger partial charge on any atom is -0.486 e. The summed E-state index contributed by atoms with van der Waals surface area (Å²) in [4.78, 5) is 22.4. The number of amides is 2. The highest BCUT2D eigenvalue weighted by molar-refractivity contribution is 7.99. The van der Waals surface area contributed by atoms with E-state index in [0.29, 0.717) is 18.9 Å². The summed E-state index contributed by atoms with van der Waals surface area (Å²) in [5.41, 5.74) is 5.92. The Balaban J connectivity index is 1.17. The number of fused-ring (bicyclic) bond motifs is 3. The van der Waals surface area contributed by atoms with Gasteiger partial charge < -0.3 is 14.8 Å². The Bertz CT molecular complexity index is 1680. The summed E-state index contributed by atoms with van der Waals surface area (Å²) < 4.78 is 11.4. The van der Waals surface area contributed by atoms with Crippen LogP contribution in [0.15, 0.2) is 119 Å². The summed E-state index contributed by atoms with van der Waals surface area (Å²) in [6.45, 7) is 1.10. The topological polar surface area (TPSA) is 63.7 Å². The summed E-state index contributed by atoms with van der Waals surface area (Å²) in [6.07, 6.45) is 0. The van der Waals surface area contributed by atoms with Gasteiger partial charge in [-0.25, -0.2) is 9.78 Å². The van der Waals surface area contributed by atoms with E-state index in [1.807, 2.05) is 109 Å². The first-order valence-corrected chi connectivity index (χ1v) is 13.5. The van der Waals surface area contributed by atoms with Crippen molar-refractivity contribution in [3.05, 3.63) is 109 Å². The van der Waals surface area contributed by atoms with E-state index in [2.05, 4.69) is 5.32 Å². The highest BCUT2D eigenvalue weighted by atomic mass is 32.2. The third kappa shape index (κ3) is 4.47. The van der Waals surface area contributed by atoms with Crippen LogP contribution in [0.4, 0.5) is 21.9 Å². The quantitative estimate of drug-likeness (QED) is 0.256. The van der Waals surface area contributed by atoms with Crippen LogP contribution >= 0.6 is 11.8 Å². The summed E-state index contributed by atoms with van der Waals surface area (Å²) in [6, 6.07) is 35.3. The van der Waals surface area contributed by atoms with E-state index in [4.69, 9.17) is 14.5 Å². The van der Waals surface area contributed by atoms with E-state index in [0.717, 1.165) is 55.2 Å². The number of anilines is 3. The summed E-state index contributed by atoms with van der Waals surface area (Å²) in [5.74, 6) is 1.48. The van der Waals surface area contributed by atoms with Gasteiger partial charge in [-0.1, -0.05) is 54.2 Å². The van der Waals surface area contributed by atoms with Gasteiger partial charge in [0.2, 0.25) is 0 Å². The van der Waals surface area contributed by atoms with Gasteiger partial charge in [0.25, 0.3) is 0 Å². The Morgan fingerprint density at radius 3 is 2.08 bits per heavy atom. The Kier molecular flexibility index (Phi) is 5.90. The molecular formula is C32H23N3O3S. The van der Waals surface area contributed by atoms with Crippen molar-refractivity contribution >= 4 is 34.9 Å². The molecule has 2 aliphatic heterocycles. The van der Waals surface area contributed by atoms with Crippen LogP contribution < -0.4 is 19.7 Å². The fourth-order valence-corrected chi connectivity index (χ4v) is 5.88. The van der Waals surface area contributed by atoms with Crippen molar-refractivity contribution in [2.24, 2.45) is 0 Å². The van der Waals surface area contributed by atoms with Crippen LogP contribution in [0, 0.1) is 0 Å².